The van der Waals surface area contributed by atoms with E-state index in [0.717, 1.165) is 0 Å². The van der Waals surface area contributed by atoms with Gasteiger partial charge >= 0.3 is 5.97 Å². The average molecular weight is 486 g/mol. The molecule has 4 unspecified atom stereocenters. The van der Waals surface area contributed by atoms with E-state index >= 15 is 0 Å². The van der Waals surface area contributed by atoms with Crippen LogP contribution in [-0.2, 0) is 30.4 Å². The van der Waals surface area contributed by atoms with E-state index in [1.807, 2.05) is 0 Å². The lowest BCUT2D eigenvalue weighted by molar-refractivity contribution is -0.142. The van der Waals surface area contributed by atoms with Gasteiger partial charge in [0.1, 0.15) is 29.9 Å². The maximum atomic E-state index is 12.6. The normalized spacial score (nSPS) is 14.3. The molecule has 1 rings (SSSR count). The van der Waals surface area contributed by atoms with Crippen molar-refractivity contribution in [2.24, 2.45) is 11.5 Å². The number of nitrogens with two attached hydrogens (primary N) is 2. The Bertz CT molecular complexity index is 866. The minimum atomic E-state index is -1.49. The van der Waals surface area contributed by atoms with Crippen molar-refractivity contribution in [1.29, 1.82) is 0 Å². The minimum Gasteiger partial charge on any atom is -0.508 e. The van der Waals surface area contributed by atoms with E-state index in [0.29, 0.717) is 5.56 Å². The van der Waals surface area contributed by atoms with Gasteiger partial charge in [-0.05, 0) is 17.7 Å². The largest absolute Gasteiger partial charge is 0.508 e. The van der Waals surface area contributed by atoms with Gasteiger partial charge in [0.15, 0.2) is 0 Å². The van der Waals surface area contributed by atoms with Crippen LogP contribution in [0.25, 0.3) is 0 Å². The highest BCUT2D eigenvalue weighted by molar-refractivity contribution is 7.80. The number of aliphatic hydroxyl groups is 1. The van der Waals surface area contributed by atoms with Gasteiger partial charge in [0.05, 0.1) is 13.0 Å². The molecule has 4 atom stereocenters. The number of benzene rings is 1. The Labute approximate surface area is 194 Å². The fourth-order valence-corrected chi connectivity index (χ4v) is 2.84. The SMILES string of the molecule is NC(=O)CC(NC(=O)C(N)CO)C(=O)NC(CS)C(=O)NC(Cc1ccc(O)cc1)C(=O)O. The molecule has 0 aromatic heterocycles. The van der Waals surface area contributed by atoms with E-state index in [1.54, 1.807) is 0 Å². The quantitative estimate of drug-likeness (QED) is 0.126. The number of hydrogen-bond acceptors (Lipinski definition) is 9. The number of nitrogens with one attached hydrogen (secondary N) is 3. The topological polar surface area (TPSA) is 234 Å². The fraction of sp³-hybridized carbons (Fsp3) is 0.421. The zero-order valence-corrected chi connectivity index (χ0v) is 18.3. The third-order valence-corrected chi connectivity index (χ3v) is 4.74. The molecule has 0 heterocycles. The summed E-state index contributed by atoms with van der Waals surface area (Å²) in [5.41, 5.74) is 11.0. The van der Waals surface area contributed by atoms with Gasteiger partial charge in [-0.2, -0.15) is 12.6 Å². The number of phenols is 1. The number of thiol groups is 1. The van der Waals surface area contributed by atoms with Gasteiger partial charge in [-0.25, -0.2) is 4.79 Å². The second-order valence-corrected chi connectivity index (χ2v) is 7.40. The highest BCUT2D eigenvalue weighted by Crippen LogP contribution is 2.11. The molecular weight excluding hydrogens is 458 g/mol. The van der Waals surface area contributed by atoms with Crippen molar-refractivity contribution in [3.8, 4) is 5.75 Å². The maximum Gasteiger partial charge on any atom is 0.326 e. The number of aliphatic carboxylic acids is 1. The zero-order chi connectivity index (χ0) is 25.1. The molecule has 4 amide bonds. The van der Waals surface area contributed by atoms with Gasteiger partial charge in [0, 0.05) is 12.2 Å². The van der Waals surface area contributed by atoms with Crippen molar-refractivity contribution < 1.29 is 39.3 Å². The summed E-state index contributed by atoms with van der Waals surface area (Å²) < 4.78 is 0. The summed E-state index contributed by atoms with van der Waals surface area (Å²) in [5, 5.41) is 34.4. The third-order valence-electron chi connectivity index (χ3n) is 4.38. The summed E-state index contributed by atoms with van der Waals surface area (Å²) in [5.74, 6) is -5.28. The van der Waals surface area contributed by atoms with Gasteiger partial charge in [-0.1, -0.05) is 12.1 Å². The summed E-state index contributed by atoms with van der Waals surface area (Å²) in [6, 6.07) is 0.188. The molecule has 0 saturated carbocycles. The third kappa shape index (κ3) is 9.34. The van der Waals surface area contributed by atoms with Gasteiger partial charge in [-0.3, -0.25) is 19.2 Å². The van der Waals surface area contributed by atoms with Crippen LogP contribution in [0.3, 0.4) is 0 Å². The first-order chi connectivity index (χ1) is 15.5. The molecule has 33 heavy (non-hydrogen) atoms. The van der Waals surface area contributed by atoms with E-state index in [4.69, 9.17) is 16.6 Å². The molecule has 13 nitrogen and oxygen atoms in total. The van der Waals surface area contributed by atoms with E-state index in [2.05, 4.69) is 28.6 Å². The standard InChI is InChI=1S/C19H27N5O8S/c20-11(7-25)16(28)22-12(6-15(21)27)17(29)24-14(8-33)18(30)23-13(19(31)32)5-9-1-3-10(26)4-2-9/h1-4,11-14,25-26,33H,5-8,20H2,(H2,21,27)(H,22,28)(H,23,30)(H,24,29)(H,31,32). The maximum absolute atomic E-state index is 12.6. The molecule has 0 spiro atoms. The number of carbonyl (C=O) groups excluding carboxylic acids is 4. The van der Waals surface area contributed by atoms with Crippen LogP contribution < -0.4 is 27.4 Å². The molecule has 0 radical (unpaired) electrons. The average Bonchev–Trinajstić information content (AvgIpc) is 2.76. The smallest absolute Gasteiger partial charge is 0.326 e. The molecule has 1 aromatic carbocycles. The molecule has 0 fully saturated rings. The van der Waals surface area contributed by atoms with Gasteiger partial charge < -0.3 is 42.7 Å². The number of aliphatic hydroxyl groups excluding tert-OH is 1. The van der Waals surface area contributed by atoms with Crippen molar-refractivity contribution in [3.63, 3.8) is 0 Å². The predicted molar refractivity (Wildman–Crippen MR) is 118 cm³/mol. The Kier molecular flexibility index (Phi) is 11.1. The molecule has 0 saturated heterocycles. The molecule has 0 aliphatic heterocycles. The molecular formula is C19H27N5O8S. The number of carboxylic acid groups (broad SMARTS) is 1. The molecule has 14 heteroatoms. The second kappa shape index (κ2) is 13.2. The zero-order valence-electron chi connectivity index (χ0n) is 17.4. The lowest BCUT2D eigenvalue weighted by Crippen LogP contribution is -2.58. The van der Waals surface area contributed by atoms with Crippen LogP contribution in [0.1, 0.15) is 12.0 Å². The summed E-state index contributed by atoms with van der Waals surface area (Å²) in [6.07, 6.45) is -0.719. The Morgan fingerprint density at radius 1 is 0.909 bits per heavy atom. The van der Waals surface area contributed by atoms with E-state index < -0.39 is 66.8 Å². The lowest BCUT2D eigenvalue weighted by atomic mass is 10.1. The van der Waals surface area contributed by atoms with Crippen molar-refractivity contribution >= 4 is 42.2 Å². The minimum absolute atomic E-state index is 0.00920. The van der Waals surface area contributed by atoms with Crippen molar-refractivity contribution in [1.82, 2.24) is 16.0 Å². The Hall–Kier alpha value is -3.36. The van der Waals surface area contributed by atoms with Crippen molar-refractivity contribution in [2.45, 2.75) is 37.0 Å². The number of phenolic OH excluding ortho intramolecular Hbond substituents is 1. The predicted octanol–water partition coefficient (Wildman–Crippen LogP) is -3.40. The summed E-state index contributed by atoms with van der Waals surface area (Å²) in [6.45, 7) is -0.712. The van der Waals surface area contributed by atoms with Crippen LogP contribution in [0, 0.1) is 0 Å². The molecule has 0 aliphatic carbocycles. The van der Waals surface area contributed by atoms with Crippen LogP contribution in [0.15, 0.2) is 24.3 Å². The van der Waals surface area contributed by atoms with E-state index in [-0.39, 0.29) is 17.9 Å². The first-order valence-electron chi connectivity index (χ1n) is 9.65. The number of aromatic hydroxyl groups is 1. The monoisotopic (exact) mass is 485 g/mol. The molecule has 0 bridgehead atoms. The highest BCUT2D eigenvalue weighted by Gasteiger charge is 2.30. The summed E-state index contributed by atoms with van der Waals surface area (Å²) in [4.78, 5) is 59.9. The number of carbonyl (C=O) groups is 5. The van der Waals surface area contributed by atoms with Crippen LogP contribution in [0.5, 0.6) is 5.75 Å². The van der Waals surface area contributed by atoms with Gasteiger partial charge in [0.25, 0.3) is 0 Å². The summed E-state index contributed by atoms with van der Waals surface area (Å²) >= 11 is 3.99. The Morgan fingerprint density at radius 3 is 1.91 bits per heavy atom. The van der Waals surface area contributed by atoms with Crippen molar-refractivity contribution in [3.05, 3.63) is 29.8 Å². The van der Waals surface area contributed by atoms with E-state index in [9.17, 15) is 34.2 Å². The van der Waals surface area contributed by atoms with Crippen molar-refractivity contribution in [2.75, 3.05) is 12.4 Å². The van der Waals surface area contributed by atoms with Crippen LogP contribution in [-0.4, -0.2) is 81.4 Å². The van der Waals surface area contributed by atoms with Gasteiger partial charge in [0.2, 0.25) is 23.6 Å². The molecule has 182 valence electrons. The Balaban J connectivity index is 2.88. The van der Waals surface area contributed by atoms with Gasteiger partial charge in [-0.15, -0.1) is 0 Å². The second-order valence-electron chi connectivity index (χ2n) is 7.03. The Morgan fingerprint density at radius 2 is 1.42 bits per heavy atom. The number of primary amides is 1. The van der Waals surface area contributed by atoms with Crippen LogP contribution >= 0.6 is 12.6 Å². The molecule has 10 N–H and O–H groups in total. The van der Waals surface area contributed by atoms with Crippen LogP contribution in [0.4, 0.5) is 0 Å². The molecule has 0 aliphatic rings. The van der Waals surface area contributed by atoms with E-state index in [1.165, 1.54) is 24.3 Å². The first-order valence-corrected chi connectivity index (χ1v) is 10.3. The number of carboxylic acids is 1. The highest BCUT2D eigenvalue weighted by atomic mass is 32.1. The first kappa shape index (κ1) is 27.7. The number of hydrogen-bond donors (Lipinski definition) is 9. The molecule has 1 aromatic rings. The van der Waals surface area contributed by atoms with Crippen LogP contribution in [0.2, 0.25) is 0 Å². The summed E-state index contributed by atoms with van der Waals surface area (Å²) in [7, 11) is 0. The number of amides is 4. The number of rotatable bonds is 13. The lowest BCUT2D eigenvalue weighted by Gasteiger charge is -2.23. The fourth-order valence-electron chi connectivity index (χ4n) is 2.58.